The van der Waals surface area contributed by atoms with E-state index in [4.69, 9.17) is 5.73 Å². The number of hydrogen-bond acceptors (Lipinski definition) is 2. The molecule has 0 atom stereocenters. The van der Waals surface area contributed by atoms with Crippen LogP contribution >= 0.6 is 0 Å². The maximum absolute atomic E-state index is 13.7. The Labute approximate surface area is 114 Å². The fraction of sp³-hybridized carbons (Fsp3) is 0.133. The molecule has 0 fully saturated rings. The molecular formula is C15H13F2N3. The molecule has 0 bridgehead atoms. The van der Waals surface area contributed by atoms with Gasteiger partial charge in [0.2, 0.25) is 0 Å². The van der Waals surface area contributed by atoms with Crippen molar-refractivity contribution in [3.63, 3.8) is 0 Å². The quantitative estimate of drug-likeness (QED) is 0.797. The summed E-state index contributed by atoms with van der Waals surface area (Å²) in [5.74, 6) is -1.66. The number of hydrogen-bond donors (Lipinski definition) is 1. The topological polar surface area (TPSA) is 43.8 Å². The molecule has 0 saturated heterocycles. The van der Waals surface area contributed by atoms with Gasteiger partial charge in [-0.2, -0.15) is 0 Å². The van der Waals surface area contributed by atoms with Gasteiger partial charge in [0.25, 0.3) is 0 Å². The molecule has 5 heteroatoms. The second-order valence-corrected chi connectivity index (χ2v) is 4.57. The van der Waals surface area contributed by atoms with Crippen LogP contribution in [-0.4, -0.2) is 9.55 Å². The largest absolute Gasteiger partial charge is 0.328 e. The van der Waals surface area contributed by atoms with Gasteiger partial charge in [0.15, 0.2) is 11.6 Å². The van der Waals surface area contributed by atoms with Crippen LogP contribution in [0.5, 0.6) is 0 Å². The van der Waals surface area contributed by atoms with Crippen molar-refractivity contribution in [2.75, 3.05) is 0 Å². The van der Waals surface area contributed by atoms with Crippen LogP contribution in [0.4, 0.5) is 8.78 Å². The minimum absolute atomic E-state index is 0.219. The number of halogens is 2. The summed E-state index contributed by atoms with van der Waals surface area (Å²) in [5.41, 5.74) is 7.64. The highest BCUT2D eigenvalue weighted by molar-refractivity contribution is 5.80. The van der Waals surface area contributed by atoms with E-state index in [1.807, 2.05) is 18.3 Å². The average Bonchev–Trinajstić information content (AvgIpc) is 2.82. The summed E-state index contributed by atoms with van der Waals surface area (Å²) in [5, 5.41) is 0.937. The third kappa shape index (κ3) is 2.06. The van der Waals surface area contributed by atoms with Crippen molar-refractivity contribution < 1.29 is 8.78 Å². The van der Waals surface area contributed by atoms with Gasteiger partial charge in [0.05, 0.1) is 6.54 Å². The Hall–Kier alpha value is -2.27. The van der Waals surface area contributed by atoms with Crippen LogP contribution in [0.1, 0.15) is 11.1 Å². The van der Waals surface area contributed by atoms with Gasteiger partial charge in [-0.05, 0) is 23.8 Å². The third-order valence-corrected chi connectivity index (χ3v) is 3.31. The Morgan fingerprint density at radius 1 is 1.10 bits per heavy atom. The van der Waals surface area contributed by atoms with E-state index < -0.39 is 11.6 Å². The Morgan fingerprint density at radius 3 is 2.75 bits per heavy atom. The SMILES string of the molecule is NCc1cn(Cc2cccc(F)c2F)c2ncccc12. The van der Waals surface area contributed by atoms with E-state index in [2.05, 4.69) is 4.98 Å². The zero-order valence-corrected chi connectivity index (χ0v) is 10.7. The lowest BCUT2D eigenvalue weighted by molar-refractivity contribution is 0.496. The highest BCUT2D eigenvalue weighted by atomic mass is 19.2. The molecule has 2 N–H and O–H groups in total. The average molecular weight is 273 g/mol. The van der Waals surface area contributed by atoms with E-state index in [9.17, 15) is 8.78 Å². The van der Waals surface area contributed by atoms with Gasteiger partial charge in [-0.3, -0.25) is 0 Å². The van der Waals surface area contributed by atoms with Gasteiger partial charge < -0.3 is 10.3 Å². The van der Waals surface area contributed by atoms with Crippen LogP contribution in [0.2, 0.25) is 0 Å². The summed E-state index contributed by atoms with van der Waals surface area (Å²) in [6.45, 7) is 0.595. The van der Waals surface area contributed by atoms with Gasteiger partial charge in [0.1, 0.15) is 5.65 Å². The molecule has 0 saturated carbocycles. The van der Waals surface area contributed by atoms with Crippen LogP contribution in [0, 0.1) is 11.6 Å². The molecule has 2 aromatic heterocycles. The predicted molar refractivity (Wildman–Crippen MR) is 73.1 cm³/mol. The molecule has 3 rings (SSSR count). The maximum atomic E-state index is 13.7. The molecule has 0 amide bonds. The summed E-state index contributed by atoms with van der Waals surface area (Å²) in [7, 11) is 0. The van der Waals surface area contributed by atoms with Crippen LogP contribution in [-0.2, 0) is 13.1 Å². The van der Waals surface area contributed by atoms with Crippen LogP contribution in [0.25, 0.3) is 11.0 Å². The number of nitrogens with two attached hydrogens (primary N) is 1. The van der Waals surface area contributed by atoms with E-state index in [0.29, 0.717) is 6.54 Å². The number of nitrogens with zero attached hydrogens (tertiary/aromatic N) is 2. The molecule has 1 aromatic carbocycles. The van der Waals surface area contributed by atoms with Gasteiger partial charge in [-0.15, -0.1) is 0 Å². The highest BCUT2D eigenvalue weighted by Crippen LogP contribution is 2.21. The van der Waals surface area contributed by atoms with Crippen molar-refractivity contribution in [3.05, 3.63) is 65.5 Å². The lowest BCUT2D eigenvalue weighted by Crippen LogP contribution is -2.03. The highest BCUT2D eigenvalue weighted by Gasteiger charge is 2.12. The first-order valence-corrected chi connectivity index (χ1v) is 6.26. The van der Waals surface area contributed by atoms with Gasteiger partial charge >= 0.3 is 0 Å². The summed E-state index contributed by atoms with van der Waals surface area (Å²) in [4.78, 5) is 4.29. The van der Waals surface area contributed by atoms with E-state index in [1.165, 1.54) is 6.07 Å². The molecule has 20 heavy (non-hydrogen) atoms. The Bertz CT molecular complexity index is 765. The summed E-state index contributed by atoms with van der Waals surface area (Å²) in [6, 6.07) is 7.92. The fourth-order valence-corrected chi connectivity index (χ4v) is 2.33. The minimum atomic E-state index is -0.842. The van der Waals surface area contributed by atoms with E-state index in [-0.39, 0.29) is 12.1 Å². The molecule has 0 unspecified atom stereocenters. The van der Waals surface area contributed by atoms with Crippen LogP contribution in [0.3, 0.4) is 0 Å². The second kappa shape index (κ2) is 5.02. The summed E-state index contributed by atoms with van der Waals surface area (Å²) in [6.07, 6.45) is 3.50. The predicted octanol–water partition coefficient (Wildman–Crippen LogP) is 2.82. The Morgan fingerprint density at radius 2 is 1.95 bits per heavy atom. The van der Waals surface area contributed by atoms with Crippen molar-refractivity contribution in [2.45, 2.75) is 13.1 Å². The maximum Gasteiger partial charge on any atom is 0.163 e. The molecule has 0 aliphatic heterocycles. The Balaban J connectivity index is 2.09. The molecule has 2 heterocycles. The smallest absolute Gasteiger partial charge is 0.163 e. The second-order valence-electron chi connectivity index (χ2n) is 4.57. The van der Waals surface area contributed by atoms with Crippen molar-refractivity contribution in [1.82, 2.24) is 9.55 Å². The molecule has 0 radical (unpaired) electrons. The van der Waals surface area contributed by atoms with E-state index in [0.717, 1.165) is 22.7 Å². The fourth-order valence-electron chi connectivity index (χ4n) is 2.33. The lowest BCUT2D eigenvalue weighted by atomic mass is 10.2. The number of fused-ring (bicyclic) bond motifs is 1. The molecule has 0 aliphatic rings. The normalized spacial score (nSPS) is 11.2. The van der Waals surface area contributed by atoms with Gasteiger partial charge in [0, 0.05) is 29.9 Å². The molecule has 3 nitrogen and oxygen atoms in total. The summed E-state index contributed by atoms with van der Waals surface area (Å²) < 4.78 is 28.8. The van der Waals surface area contributed by atoms with Crippen molar-refractivity contribution in [2.24, 2.45) is 5.73 Å². The first kappa shape index (κ1) is 12.7. The van der Waals surface area contributed by atoms with Crippen molar-refractivity contribution in [1.29, 1.82) is 0 Å². The summed E-state index contributed by atoms with van der Waals surface area (Å²) >= 11 is 0. The zero-order chi connectivity index (χ0) is 14.1. The number of rotatable bonds is 3. The van der Waals surface area contributed by atoms with E-state index in [1.54, 1.807) is 16.8 Å². The molecule has 102 valence electrons. The standard InChI is InChI=1S/C15H13F2N3/c16-13-5-1-3-10(14(13)17)8-20-9-11(7-18)12-4-2-6-19-15(12)20/h1-6,9H,7-8,18H2. The Kier molecular flexibility index (Phi) is 3.20. The molecule has 0 aliphatic carbocycles. The van der Waals surface area contributed by atoms with Gasteiger partial charge in [-0.1, -0.05) is 12.1 Å². The number of aromatic nitrogens is 2. The van der Waals surface area contributed by atoms with Gasteiger partial charge in [-0.25, -0.2) is 13.8 Å². The van der Waals surface area contributed by atoms with E-state index >= 15 is 0 Å². The van der Waals surface area contributed by atoms with Crippen molar-refractivity contribution in [3.8, 4) is 0 Å². The zero-order valence-electron chi connectivity index (χ0n) is 10.7. The minimum Gasteiger partial charge on any atom is -0.328 e. The molecular weight excluding hydrogens is 260 g/mol. The van der Waals surface area contributed by atoms with Crippen molar-refractivity contribution >= 4 is 11.0 Å². The number of pyridine rings is 1. The van der Waals surface area contributed by atoms with Crippen LogP contribution < -0.4 is 5.73 Å². The van der Waals surface area contributed by atoms with Crippen LogP contribution in [0.15, 0.2) is 42.7 Å². The molecule has 0 spiro atoms. The first-order valence-electron chi connectivity index (χ1n) is 6.26. The lowest BCUT2D eigenvalue weighted by Gasteiger charge is -2.06. The molecule has 3 aromatic rings. The first-order chi connectivity index (χ1) is 9.70. The third-order valence-electron chi connectivity index (χ3n) is 3.31. The monoisotopic (exact) mass is 273 g/mol. The number of benzene rings is 1.